The van der Waals surface area contributed by atoms with Gasteiger partial charge in [0.25, 0.3) is 0 Å². The summed E-state index contributed by atoms with van der Waals surface area (Å²) in [6, 6.07) is 0.383. The molecule has 0 aromatic carbocycles. The van der Waals surface area contributed by atoms with E-state index in [4.69, 9.17) is 17.0 Å². The van der Waals surface area contributed by atoms with Crippen LogP contribution in [0.3, 0.4) is 0 Å². The lowest BCUT2D eigenvalue weighted by molar-refractivity contribution is -0.0225. The Morgan fingerprint density at radius 2 is 2.20 bits per heavy atom. The predicted octanol–water partition coefficient (Wildman–Crippen LogP) is 1.63. The fourth-order valence-electron chi connectivity index (χ4n) is 1.58. The SMILES string of the molecule is CC(C)CNC(=S)N1CC(C)OCC1C. The van der Waals surface area contributed by atoms with Crippen LogP contribution in [0.5, 0.6) is 0 Å². The summed E-state index contributed by atoms with van der Waals surface area (Å²) in [5.41, 5.74) is 0. The lowest BCUT2D eigenvalue weighted by Crippen LogP contribution is -2.53. The van der Waals surface area contributed by atoms with Crippen molar-refractivity contribution >= 4 is 17.3 Å². The maximum absolute atomic E-state index is 5.57. The third kappa shape index (κ3) is 3.95. The molecule has 3 nitrogen and oxygen atoms in total. The van der Waals surface area contributed by atoms with Crippen molar-refractivity contribution in [2.75, 3.05) is 19.7 Å². The van der Waals surface area contributed by atoms with E-state index in [0.29, 0.717) is 12.0 Å². The average molecular weight is 230 g/mol. The van der Waals surface area contributed by atoms with Crippen molar-refractivity contribution in [1.29, 1.82) is 0 Å². The lowest BCUT2D eigenvalue weighted by atomic mass is 10.2. The number of morpholine rings is 1. The molecule has 0 aromatic heterocycles. The van der Waals surface area contributed by atoms with Crippen molar-refractivity contribution < 1.29 is 4.74 Å². The largest absolute Gasteiger partial charge is 0.375 e. The molecule has 0 bridgehead atoms. The summed E-state index contributed by atoms with van der Waals surface area (Å²) < 4.78 is 5.57. The van der Waals surface area contributed by atoms with Gasteiger partial charge in [-0.1, -0.05) is 13.8 Å². The van der Waals surface area contributed by atoms with Crippen molar-refractivity contribution in [3.8, 4) is 0 Å². The highest BCUT2D eigenvalue weighted by atomic mass is 32.1. The Labute approximate surface area is 98.2 Å². The van der Waals surface area contributed by atoms with E-state index in [9.17, 15) is 0 Å². The van der Waals surface area contributed by atoms with Gasteiger partial charge >= 0.3 is 0 Å². The van der Waals surface area contributed by atoms with E-state index in [1.54, 1.807) is 0 Å². The summed E-state index contributed by atoms with van der Waals surface area (Å²) in [6.07, 6.45) is 0.278. The van der Waals surface area contributed by atoms with Gasteiger partial charge in [0.1, 0.15) is 0 Å². The number of ether oxygens (including phenoxy) is 1. The van der Waals surface area contributed by atoms with Crippen molar-refractivity contribution in [2.24, 2.45) is 5.92 Å². The molecule has 1 aliphatic rings. The van der Waals surface area contributed by atoms with E-state index in [0.717, 1.165) is 24.8 Å². The van der Waals surface area contributed by atoms with Crippen molar-refractivity contribution in [3.05, 3.63) is 0 Å². The molecule has 0 aromatic rings. The first-order valence-corrected chi connectivity index (χ1v) is 6.07. The highest BCUT2D eigenvalue weighted by Crippen LogP contribution is 2.11. The van der Waals surface area contributed by atoms with Gasteiger partial charge in [-0.25, -0.2) is 0 Å². The van der Waals surface area contributed by atoms with Crippen LogP contribution in [0.25, 0.3) is 0 Å². The number of nitrogens with zero attached hydrogens (tertiary/aromatic N) is 1. The molecule has 0 spiro atoms. The molecular weight excluding hydrogens is 208 g/mol. The number of thiocarbonyl (C=S) groups is 1. The fraction of sp³-hybridized carbons (Fsp3) is 0.909. The second kappa shape index (κ2) is 5.66. The second-order valence-corrected chi connectivity index (χ2v) is 5.11. The third-order valence-electron chi connectivity index (χ3n) is 2.53. The Kier molecular flexibility index (Phi) is 4.80. The van der Waals surface area contributed by atoms with E-state index < -0.39 is 0 Å². The third-order valence-corrected chi connectivity index (χ3v) is 2.91. The molecule has 1 heterocycles. The van der Waals surface area contributed by atoms with Crippen LogP contribution in [0.1, 0.15) is 27.7 Å². The van der Waals surface area contributed by atoms with Crippen molar-refractivity contribution in [2.45, 2.75) is 39.8 Å². The monoisotopic (exact) mass is 230 g/mol. The van der Waals surface area contributed by atoms with Gasteiger partial charge in [-0.15, -0.1) is 0 Å². The quantitative estimate of drug-likeness (QED) is 0.729. The number of hydrogen-bond donors (Lipinski definition) is 1. The summed E-state index contributed by atoms with van der Waals surface area (Å²) in [5.74, 6) is 0.622. The summed E-state index contributed by atoms with van der Waals surface area (Å²) in [4.78, 5) is 2.23. The minimum atomic E-state index is 0.278. The Balaban J connectivity index is 2.42. The first kappa shape index (κ1) is 12.7. The molecule has 1 fully saturated rings. The molecule has 2 unspecified atom stereocenters. The predicted molar refractivity (Wildman–Crippen MR) is 67.0 cm³/mol. The average Bonchev–Trinajstić information content (AvgIpc) is 2.18. The normalized spacial score (nSPS) is 26.9. The standard InChI is InChI=1S/C11H22N2OS/c1-8(2)5-12-11(15)13-6-10(4)14-7-9(13)3/h8-10H,5-7H2,1-4H3,(H,12,15). The molecule has 1 rings (SSSR count). The molecular formula is C11H22N2OS. The van der Waals surface area contributed by atoms with Crippen LogP contribution in [-0.4, -0.2) is 41.9 Å². The molecule has 1 N–H and O–H groups in total. The van der Waals surface area contributed by atoms with Crippen LogP contribution >= 0.6 is 12.2 Å². The zero-order valence-electron chi connectivity index (χ0n) is 10.1. The van der Waals surface area contributed by atoms with E-state index in [1.165, 1.54) is 0 Å². The van der Waals surface area contributed by atoms with Crippen LogP contribution in [0, 0.1) is 5.92 Å². The van der Waals surface area contributed by atoms with Gasteiger partial charge in [0, 0.05) is 13.1 Å². The first-order valence-electron chi connectivity index (χ1n) is 5.66. The number of rotatable bonds is 2. The van der Waals surface area contributed by atoms with E-state index in [1.807, 2.05) is 0 Å². The van der Waals surface area contributed by atoms with Gasteiger partial charge in [-0.05, 0) is 32.0 Å². The van der Waals surface area contributed by atoms with Crippen LogP contribution in [0.4, 0.5) is 0 Å². The number of hydrogen-bond acceptors (Lipinski definition) is 2. The van der Waals surface area contributed by atoms with Gasteiger partial charge in [0.15, 0.2) is 5.11 Å². The van der Waals surface area contributed by atoms with Crippen molar-refractivity contribution in [3.63, 3.8) is 0 Å². The summed E-state index contributed by atoms with van der Waals surface area (Å²) >= 11 is 5.38. The van der Waals surface area contributed by atoms with Gasteiger partial charge in [0.05, 0.1) is 18.8 Å². The highest BCUT2D eigenvalue weighted by molar-refractivity contribution is 7.80. The van der Waals surface area contributed by atoms with Crippen molar-refractivity contribution in [1.82, 2.24) is 10.2 Å². The van der Waals surface area contributed by atoms with Gasteiger partial charge in [0.2, 0.25) is 0 Å². The van der Waals surface area contributed by atoms with E-state index >= 15 is 0 Å². The molecule has 2 atom stereocenters. The molecule has 0 radical (unpaired) electrons. The minimum Gasteiger partial charge on any atom is -0.375 e. The van der Waals surface area contributed by atoms with Crippen LogP contribution in [0.2, 0.25) is 0 Å². The van der Waals surface area contributed by atoms with Crippen LogP contribution in [0.15, 0.2) is 0 Å². The molecule has 88 valence electrons. The number of nitrogens with one attached hydrogen (secondary N) is 1. The van der Waals surface area contributed by atoms with E-state index in [2.05, 4.69) is 37.9 Å². The Morgan fingerprint density at radius 1 is 1.53 bits per heavy atom. The smallest absolute Gasteiger partial charge is 0.169 e. The maximum atomic E-state index is 5.57. The van der Waals surface area contributed by atoms with Gasteiger partial charge in [-0.3, -0.25) is 0 Å². The molecule has 4 heteroatoms. The second-order valence-electron chi connectivity index (χ2n) is 4.73. The Bertz CT molecular complexity index is 221. The van der Waals surface area contributed by atoms with Gasteiger partial charge in [-0.2, -0.15) is 0 Å². The fourth-order valence-corrected chi connectivity index (χ4v) is 1.92. The molecule has 1 aliphatic heterocycles. The van der Waals surface area contributed by atoms with Crippen LogP contribution in [-0.2, 0) is 4.74 Å². The van der Waals surface area contributed by atoms with E-state index in [-0.39, 0.29) is 6.10 Å². The molecule has 1 saturated heterocycles. The highest BCUT2D eigenvalue weighted by Gasteiger charge is 2.25. The summed E-state index contributed by atoms with van der Waals surface area (Å²) in [5, 5.41) is 4.17. The zero-order valence-corrected chi connectivity index (χ0v) is 10.9. The summed E-state index contributed by atoms with van der Waals surface area (Å²) in [6.45, 7) is 11.2. The lowest BCUT2D eigenvalue weighted by Gasteiger charge is -2.38. The van der Waals surface area contributed by atoms with Crippen LogP contribution < -0.4 is 5.32 Å². The molecule has 15 heavy (non-hydrogen) atoms. The molecule has 0 saturated carbocycles. The molecule has 0 aliphatic carbocycles. The first-order chi connectivity index (χ1) is 7.00. The Morgan fingerprint density at radius 3 is 2.80 bits per heavy atom. The van der Waals surface area contributed by atoms with Gasteiger partial charge < -0.3 is 15.0 Å². The maximum Gasteiger partial charge on any atom is 0.169 e. The zero-order chi connectivity index (χ0) is 11.4. The Hall–Kier alpha value is -0.350. The molecule has 0 amide bonds. The topological polar surface area (TPSA) is 24.5 Å². The summed E-state index contributed by atoms with van der Waals surface area (Å²) in [7, 11) is 0. The minimum absolute atomic E-state index is 0.278.